The van der Waals surface area contributed by atoms with Gasteiger partial charge in [-0.2, -0.15) is 0 Å². The lowest BCUT2D eigenvalue weighted by atomic mass is 9.86. The minimum Gasteiger partial charge on any atom is -0.398 e. The summed E-state index contributed by atoms with van der Waals surface area (Å²) in [5.41, 5.74) is 15.9. The highest BCUT2D eigenvalue weighted by molar-refractivity contribution is 6.02. The summed E-state index contributed by atoms with van der Waals surface area (Å²) in [5.74, 6) is 0. The first-order chi connectivity index (χ1) is 11.1. The SMILES string of the molecule is C=C1c2ccccc2Nc2cccc(-c3cc(C)ccc3N)c21. The zero-order valence-electron chi connectivity index (χ0n) is 13.1. The molecule has 2 nitrogen and oxygen atoms in total. The second-order valence-corrected chi connectivity index (χ2v) is 5.97. The summed E-state index contributed by atoms with van der Waals surface area (Å²) in [5, 5.41) is 3.51. The third-order valence-electron chi connectivity index (χ3n) is 4.39. The standard InChI is InChI=1S/C21H18N2/c1-13-10-11-18(22)17(12-13)16-7-5-9-20-21(16)14(2)15-6-3-4-8-19(15)23-20/h3-12,23H,2,22H2,1H3. The van der Waals surface area contributed by atoms with E-state index in [9.17, 15) is 0 Å². The summed E-state index contributed by atoms with van der Waals surface area (Å²) >= 11 is 0. The first-order valence-corrected chi connectivity index (χ1v) is 7.70. The second kappa shape index (κ2) is 5.03. The molecule has 1 heterocycles. The average Bonchev–Trinajstić information content (AvgIpc) is 2.57. The summed E-state index contributed by atoms with van der Waals surface area (Å²) < 4.78 is 0. The van der Waals surface area contributed by atoms with Gasteiger partial charge in [0.05, 0.1) is 0 Å². The Hall–Kier alpha value is -3.00. The van der Waals surface area contributed by atoms with E-state index in [0.29, 0.717) is 0 Å². The van der Waals surface area contributed by atoms with Crippen molar-refractivity contribution < 1.29 is 0 Å². The minimum atomic E-state index is 0.788. The molecule has 23 heavy (non-hydrogen) atoms. The molecule has 3 N–H and O–H groups in total. The molecule has 0 bridgehead atoms. The van der Waals surface area contributed by atoms with Gasteiger partial charge >= 0.3 is 0 Å². The van der Waals surface area contributed by atoms with Crippen LogP contribution in [-0.2, 0) is 0 Å². The Bertz CT molecular complexity index is 938. The molecule has 0 aliphatic carbocycles. The van der Waals surface area contributed by atoms with E-state index < -0.39 is 0 Å². The number of para-hydroxylation sites is 1. The van der Waals surface area contributed by atoms with Crippen LogP contribution in [-0.4, -0.2) is 0 Å². The van der Waals surface area contributed by atoms with Crippen molar-refractivity contribution in [3.63, 3.8) is 0 Å². The van der Waals surface area contributed by atoms with E-state index in [1.165, 1.54) is 5.56 Å². The van der Waals surface area contributed by atoms with Gasteiger partial charge in [0.1, 0.15) is 0 Å². The minimum absolute atomic E-state index is 0.788. The van der Waals surface area contributed by atoms with E-state index >= 15 is 0 Å². The van der Waals surface area contributed by atoms with Crippen molar-refractivity contribution in [2.24, 2.45) is 0 Å². The highest BCUT2D eigenvalue weighted by atomic mass is 14.9. The van der Waals surface area contributed by atoms with E-state index in [2.05, 4.69) is 55.2 Å². The van der Waals surface area contributed by atoms with Crippen LogP contribution in [0.25, 0.3) is 16.7 Å². The maximum atomic E-state index is 6.24. The number of benzene rings is 3. The van der Waals surface area contributed by atoms with E-state index in [-0.39, 0.29) is 0 Å². The largest absolute Gasteiger partial charge is 0.398 e. The molecule has 112 valence electrons. The van der Waals surface area contributed by atoms with Gasteiger partial charge in [0.25, 0.3) is 0 Å². The third kappa shape index (κ3) is 2.11. The molecule has 0 saturated carbocycles. The zero-order valence-corrected chi connectivity index (χ0v) is 13.1. The van der Waals surface area contributed by atoms with Crippen LogP contribution in [0.1, 0.15) is 16.7 Å². The van der Waals surface area contributed by atoms with Gasteiger partial charge in [-0.15, -0.1) is 0 Å². The zero-order chi connectivity index (χ0) is 16.0. The van der Waals surface area contributed by atoms with Crippen LogP contribution < -0.4 is 11.1 Å². The summed E-state index contributed by atoms with van der Waals surface area (Å²) in [4.78, 5) is 0. The van der Waals surface area contributed by atoms with Gasteiger partial charge in [-0.05, 0) is 42.3 Å². The number of aryl methyl sites for hydroxylation is 1. The Labute approximate surface area is 136 Å². The molecule has 1 aliphatic rings. The van der Waals surface area contributed by atoms with Gasteiger partial charge in [-0.3, -0.25) is 0 Å². The Morgan fingerprint density at radius 3 is 2.43 bits per heavy atom. The number of fused-ring (bicyclic) bond motifs is 2. The molecule has 0 radical (unpaired) electrons. The molecule has 1 aliphatic heterocycles. The van der Waals surface area contributed by atoms with Gasteiger partial charge in [-0.1, -0.05) is 48.5 Å². The van der Waals surface area contributed by atoms with Crippen molar-refractivity contribution in [1.29, 1.82) is 0 Å². The lowest BCUT2D eigenvalue weighted by Crippen LogP contribution is -2.07. The van der Waals surface area contributed by atoms with Crippen molar-refractivity contribution >= 4 is 22.6 Å². The molecule has 3 aromatic carbocycles. The van der Waals surface area contributed by atoms with Crippen LogP contribution in [0.3, 0.4) is 0 Å². The molecule has 0 fully saturated rings. The predicted molar refractivity (Wildman–Crippen MR) is 98.9 cm³/mol. The van der Waals surface area contributed by atoms with Crippen molar-refractivity contribution in [1.82, 2.24) is 0 Å². The van der Waals surface area contributed by atoms with Crippen LogP contribution in [0, 0.1) is 6.92 Å². The number of rotatable bonds is 1. The Morgan fingerprint density at radius 1 is 0.826 bits per heavy atom. The van der Waals surface area contributed by atoms with E-state index in [1.54, 1.807) is 0 Å². The number of nitrogens with one attached hydrogen (secondary N) is 1. The molecule has 3 aromatic rings. The molecular formula is C21H18N2. The van der Waals surface area contributed by atoms with Gasteiger partial charge in [-0.25, -0.2) is 0 Å². The van der Waals surface area contributed by atoms with Crippen molar-refractivity contribution in [3.8, 4) is 11.1 Å². The van der Waals surface area contributed by atoms with Crippen molar-refractivity contribution in [2.75, 3.05) is 11.1 Å². The number of nitrogens with two attached hydrogens (primary N) is 1. The number of hydrogen-bond donors (Lipinski definition) is 2. The van der Waals surface area contributed by atoms with Crippen molar-refractivity contribution in [2.45, 2.75) is 6.92 Å². The van der Waals surface area contributed by atoms with E-state index in [0.717, 1.165) is 44.9 Å². The van der Waals surface area contributed by atoms with Gasteiger partial charge < -0.3 is 11.1 Å². The number of nitrogen functional groups attached to an aromatic ring is 1. The summed E-state index contributed by atoms with van der Waals surface area (Å²) in [6.45, 7) is 6.44. The molecule has 2 heteroatoms. The highest BCUT2D eigenvalue weighted by Crippen LogP contribution is 2.45. The predicted octanol–water partition coefficient (Wildman–Crippen LogP) is 5.36. The highest BCUT2D eigenvalue weighted by Gasteiger charge is 2.22. The molecule has 0 spiro atoms. The summed E-state index contributed by atoms with van der Waals surface area (Å²) in [6.07, 6.45) is 0. The smallest absolute Gasteiger partial charge is 0.0470 e. The molecule has 4 rings (SSSR count). The molecule has 0 aromatic heterocycles. The van der Waals surface area contributed by atoms with Crippen LogP contribution in [0.15, 0.2) is 67.2 Å². The van der Waals surface area contributed by atoms with Gasteiger partial charge in [0.2, 0.25) is 0 Å². The number of hydrogen-bond acceptors (Lipinski definition) is 2. The Kier molecular flexibility index (Phi) is 2.98. The monoisotopic (exact) mass is 298 g/mol. The lowest BCUT2D eigenvalue weighted by Gasteiger charge is -2.26. The molecule has 0 atom stereocenters. The molecular weight excluding hydrogens is 280 g/mol. The first-order valence-electron chi connectivity index (χ1n) is 7.70. The van der Waals surface area contributed by atoms with Crippen LogP contribution in [0.5, 0.6) is 0 Å². The Balaban J connectivity index is 1.97. The van der Waals surface area contributed by atoms with Crippen LogP contribution in [0.4, 0.5) is 17.1 Å². The van der Waals surface area contributed by atoms with E-state index in [1.807, 2.05) is 24.3 Å². The first kappa shape index (κ1) is 13.6. The maximum absolute atomic E-state index is 6.24. The third-order valence-corrected chi connectivity index (χ3v) is 4.39. The topological polar surface area (TPSA) is 38.0 Å². The van der Waals surface area contributed by atoms with E-state index in [4.69, 9.17) is 5.73 Å². The summed E-state index contributed by atoms with van der Waals surface area (Å²) in [7, 11) is 0. The normalized spacial score (nSPS) is 12.3. The fraction of sp³-hybridized carbons (Fsp3) is 0.0476. The van der Waals surface area contributed by atoms with Gasteiger partial charge in [0, 0.05) is 33.8 Å². The fourth-order valence-corrected chi connectivity index (χ4v) is 3.24. The number of anilines is 3. The maximum Gasteiger partial charge on any atom is 0.0470 e. The lowest BCUT2D eigenvalue weighted by molar-refractivity contribution is 1.42. The fourth-order valence-electron chi connectivity index (χ4n) is 3.24. The quantitative estimate of drug-likeness (QED) is 0.464. The Morgan fingerprint density at radius 2 is 1.57 bits per heavy atom. The molecule has 0 amide bonds. The van der Waals surface area contributed by atoms with Crippen LogP contribution in [0.2, 0.25) is 0 Å². The molecule has 0 saturated heterocycles. The summed E-state index contributed by atoms with van der Waals surface area (Å²) in [6, 6.07) is 20.7. The van der Waals surface area contributed by atoms with Gasteiger partial charge in [0.15, 0.2) is 0 Å². The second-order valence-electron chi connectivity index (χ2n) is 5.97. The average molecular weight is 298 g/mol. The molecule has 0 unspecified atom stereocenters. The van der Waals surface area contributed by atoms with Crippen LogP contribution >= 0.6 is 0 Å². The van der Waals surface area contributed by atoms with Crippen molar-refractivity contribution in [3.05, 3.63) is 83.9 Å².